The number of rotatable bonds is 5. The largest absolute Gasteiger partial charge is 0.390 e. The lowest BCUT2D eigenvalue weighted by Crippen LogP contribution is -2.42. The van der Waals surface area contributed by atoms with E-state index in [1.165, 1.54) is 7.05 Å². The van der Waals surface area contributed by atoms with Crippen LogP contribution in [0.4, 0.5) is 13.2 Å². The molecular weight excluding hydrogens is 209 g/mol. The van der Waals surface area contributed by atoms with Crippen molar-refractivity contribution in [2.75, 3.05) is 13.6 Å². The predicted octanol–water partition coefficient (Wildman–Crippen LogP) is 1.52. The maximum atomic E-state index is 11.9. The summed E-state index contributed by atoms with van der Waals surface area (Å²) in [6, 6.07) is -0.687. The SMILES string of the molecule is CCCC(N)C(=O)N(C)CCC(F)(F)F. The van der Waals surface area contributed by atoms with E-state index in [9.17, 15) is 18.0 Å². The quantitative estimate of drug-likeness (QED) is 0.772. The minimum Gasteiger partial charge on any atom is -0.344 e. The number of hydrogen-bond donors (Lipinski definition) is 1. The Kier molecular flexibility index (Phi) is 5.64. The number of amides is 1. The second-order valence-corrected chi connectivity index (χ2v) is 3.52. The Morgan fingerprint density at radius 2 is 2.00 bits per heavy atom. The molecule has 6 heteroatoms. The summed E-state index contributed by atoms with van der Waals surface area (Å²) in [7, 11) is 1.34. The first-order chi connectivity index (χ1) is 6.78. The van der Waals surface area contributed by atoms with Crippen LogP contribution in [0.25, 0.3) is 0 Å². The molecule has 0 aliphatic heterocycles. The van der Waals surface area contributed by atoms with Gasteiger partial charge in [0, 0.05) is 13.6 Å². The van der Waals surface area contributed by atoms with Gasteiger partial charge in [0.1, 0.15) is 0 Å². The van der Waals surface area contributed by atoms with Gasteiger partial charge in [0.05, 0.1) is 12.5 Å². The lowest BCUT2D eigenvalue weighted by atomic mass is 10.1. The van der Waals surface area contributed by atoms with Gasteiger partial charge >= 0.3 is 6.18 Å². The van der Waals surface area contributed by atoms with Gasteiger partial charge in [0.2, 0.25) is 5.91 Å². The molecule has 0 aromatic carbocycles. The van der Waals surface area contributed by atoms with Gasteiger partial charge in [-0.1, -0.05) is 13.3 Å². The molecule has 0 aliphatic carbocycles. The van der Waals surface area contributed by atoms with Gasteiger partial charge in [-0.05, 0) is 6.42 Å². The number of nitrogens with zero attached hydrogens (tertiary/aromatic N) is 1. The molecule has 0 aromatic rings. The Bertz CT molecular complexity index is 206. The molecule has 0 fully saturated rings. The van der Waals surface area contributed by atoms with Gasteiger partial charge in [0.15, 0.2) is 0 Å². The molecule has 0 rings (SSSR count). The number of halogens is 3. The summed E-state index contributed by atoms with van der Waals surface area (Å²) in [5, 5.41) is 0. The standard InChI is InChI=1S/C9H17F3N2O/c1-3-4-7(13)8(15)14(2)6-5-9(10,11)12/h7H,3-6,13H2,1-2H3. The van der Waals surface area contributed by atoms with Gasteiger partial charge in [-0.2, -0.15) is 13.2 Å². The Labute approximate surface area is 87.4 Å². The maximum absolute atomic E-state index is 11.9. The molecule has 0 bridgehead atoms. The molecule has 0 radical (unpaired) electrons. The number of carbonyl (C=O) groups excluding carboxylic acids is 1. The van der Waals surface area contributed by atoms with E-state index in [2.05, 4.69) is 0 Å². The van der Waals surface area contributed by atoms with Crippen molar-refractivity contribution in [3.8, 4) is 0 Å². The van der Waals surface area contributed by atoms with Gasteiger partial charge in [-0.25, -0.2) is 0 Å². The van der Waals surface area contributed by atoms with E-state index < -0.39 is 24.5 Å². The Balaban J connectivity index is 3.99. The Hall–Kier alpha value is -0.780. The van der Waals surface area contributed by atoms with Crippen LogP contribution in [0.15, 0.2) is 0 Å². The van der Waals surface area contributed by atoms with Crippen molar-refractivity contribution in [3.63, 3.8) is 0 Å². The fourth-order valence-electron chi connectivity index (χ4n) is 1.12. The summed E-state index contributed by atoms with van der Waals surface area (Å²) in [4.78, 5) is 12.4. The number of likely N-dealkylation sites (N-methyl/N-ethyl adjacent to an activating group) is 1. The van der Waals surface area contributed by atoms with Crippen LogP contribution in [0, 0.1) is 0 Å². The van der Waals surface area contributed by atoms with E-state index >= 15 is 0 Å². The Morgan fingerprint density at radius 1 is 1.47 bits per heavy atom. The topological polar surface area (TPSA) is 46.3 Å². The van der Waals surface area contributed by atoms with Gasteiger partial charge in [-0.3, -0.25) is 4.79 Å². The van der Waals surface area contributed by atoms with Crippen molar-refractivity contribution >= 4 is 5.91 Å². The normalized spacial score (nSPS) is 13.7. The molecule has 0 aromatic heterocycles. The van der Waals surface area contributed by atoms with Crippen LogP contribution in [-0.4, -0.2) is 36.6 Å². The third-order valence-electron chi connectivity index (χ3n) is 2.02. The average molecular weight is 226 g/mol. The molecule has 3 nitrogen and oxygen atoms in total. The number of nitrogens with two attached hydrogens (primary N) is 1. The average Bonchev–Trinajstić information content (AvgIpc) is 2.12. The van der Waals surface area contributed by atoms with Crippen LogP contribution in [0.5, 0.6) is 0 Å². The van der Waals surface area contributed by atoms with Gasteiger partial charge in [-0.15, -0.1) is 0 Å². The second-order valence-electron chi connectivity index (χ2n) is 3.52. The lowest BCUT2D eigenvalue weighted by molar-refractivity contribution is -0.144. The van der Waals surface area contributed by atoms with Gasteiger partial charge in [0.25, 0.3) is 0 Å². The molecule has 1 atom stereocenters. The zero-order chi connectivity index (χ0) is 12.1. The third-order valence-corrected chi connectivity index (χ3v) is 2.02. The molecule has 0 saturated carbocycles. The number of hydrogen-bond acceptors (Lipinski definition) is 2. The van der Waals surface area contributed by atoms with Gasteiger partial charge < -0.3 is 10.6 Å². The highest BCUT2D eigenvalue weighted by molar-refractivity contribution is 5.81. The zero-order valence-corrected chi connectivity index (χ0v) is 8.97. The summed E-state index contributed by atoms with van der Waals surface area (Å²) < 4.78 is 35.6. The fourth-order valence-corrected chi connectivity index (χ4v) is 1.12. The summed E-state index contributed by atoms with van der Waals surface area (Å²) in [5.74, 6) is -0.430. The maximum Gasteiger partial charge on any atom is 0.390 e. The minimum absolute atomic E-state index is 0.334. The van der Waals surface area contributed by atoms with Crippen molar-refractivity contribution in [3.05, 3.63) is 0 Å². The fraction of sp³-hybridized carbons (Fsp3) is 0.889. The van der Waals surface area contributed by atoms with Crippen molar-refractivity contribution in [1.29, 1.82) is 0 Å². The zero-order valence-electron chi connectivity index (χ0n) is 8.97. The van der Waals surface area contributed by atoms with Crippen LogP contribution in [0.3, 0.4) is 0 Å². The minimum atomic E-state index is -4.23. The van der Waals surface area contributed by atoms with Crippen molar-refractivity contribution in [2.24, 2.45) is 5.73 Å². The van der Waals surface area contributed by atoms with Crippen molar-refractivity contribution in [1.82, 2.24) is 4.90 Å². The molecular formula is C9H17F3N2O. The monoisotopic (exact) mass is 226 g/mol. The van der Waals surface area contributed by atoms with Crippen molar-refractivity contribution < 1.29 is 18.0 Å². The second kappa shape index (κ2) is 5.95. The van der Waals surface area contributed by atoms with E-state index in [-0.39, 0.29) is 6.54 Å². The van der Waals surface area contributed by atoms with Crippen LogP contribution >= 0.6 is 0 Å². The summed E-state index contributed by atoms with van der Waals surface area (Å²) in [6.07, 6.45) is -3.99. The Morgan fingerprint density at radius 3 is 2.40 bits per heavy atom. The molecule has 0 aliphatic rings. The first-order valence-electron chi connectivity index (χ1n) is 4.85. The van der Waals surface area contributed by atoms with Crippen molar-refractivity contribution in [2.45, 2.75) is 38.4 Å². The molecule has 15 heavy (non-hydrogen) atoms. The van der Waals surface area contributed by atoms with E-state index in [1.54, 1.807) is 0 Å². The highest BCUT2D eigenvalue weighted by Crippen LogP contribution is 2.19. The third kappa shape index (κ3) is 6.33. The first kappa shape index (κ1) is 14.2. The molecule has 90 valence electrons. The predicted molar refractivity (Wildman–Crippen MR) is 51.2 cm³/mol. The van der Waals surface area contributed by atoms with Crippen LogP contribution in [0.1, 0.15) is 26.2 Å². The molecule has 1 amide bonds. The highest BCUT2D eigenvalue weighted by Gasteiger charge is 2.28. The summed E-state index contributed by atoms with van der Waals surface area (Å²) in [5.41, 5.74) is 5.50. The number of carbonyl (C=O) groups is 1. The van der Waals surface area contributed by atoms with E-state index in [4.69, 9.17) is 5.73 Å². The molecule has 0 saturated heterocycles. The molecule has 0 heterocycles. The molecule has 1 unspecified atom stereocenters. The number of alkyl halides is 3. The summed E-state index contributed by atoms with van der Waals surface area (Å²) >= 11 is 0. The lowest BCUT2D eigenvalue weighted by Gasteiger charge is -2.21. The summed E-state index contributed by atoms with van der Waals surface area (Å²) in [6.45, 7) is 1.53. The van der Waals surface area contributed by atoms with E-state index in [0.29, 0.717) is 6.42 Å². The smallest absolute Gasteiger partial charge is 0.344 e. The first-order valence-corrected chi connectivity index (χ1v) is 4.85. The van der Waals surface area contributed by atoms with Crippen LogP contribution in [0.2, 0.25) is 0 Å². The van der Waals surface area contributed by atoms with E-state index in [1.807, 2.05) is 6.92 Å². The molecule has 2 N–H and O–H groups in total. The molecule has 0 spiro atoms. The van der Waals surface area contributed by atoms with Crippen LogP contribution in [-0.2, 0) is 4.79 Å². The highest BCUT2D eigenvalue weighted by atomic mass is 19.4. The van der Waals surface area contributed by atoms with E-state index in [0.717, 1.165) is 11.3 Å². The van der Waals surface area contributed by atoms with Crippen LogP contribution < -0.4 is 5.73 Å².